The number of hydrogen-bond acceptors (Lipinski definition) is 3. The Balaban J connectivity index is 2.14. The Morgan fingerprint density at radius 1 is 0.952 bits per heavy atom. The van der Waals surface area contributed by atoms with E-state index in [1.807, 2.05) is 54.6 Å². The van der Waals surface area contributed by atoms with E-state index in [1.165, 1.54) is 4.31 Å². The first-order valence-corrected chi connectivity index (χ1v) is 8.38. The minimum atomic E-state index is -3.37. The Morgan fingerprint density at radius 3 is 2.14 bits per heavy atom. The summed E-state index contributed by atoms with van der Waals surface area (Å²) in [6, 6.07) is 16.9. The molecule has 0 bridgehead atoms. The standard InChI is InChI=1S/C16H20N2O2S/c1-18(12-14-7-3-2-4-8-14)21(19,20)13-16-10-6-5-9-15(16)11-17/h2-10H,11-13,17H2,1H3. The van der Waals surface area contributed by atoms with Crippen LogP contribution in [0, 0.1) is 0 Å². The van der Waals surface area contributed by atoms with Crippen molar-refractivity contribution in [2.24, 2.45) is 5.73 Å². The number of rotatable bonds is 6. The van der Waals surface area contributed by atoms with E-state index in [0.717, 1.165) is 16.7 Å². The molecule has 0 atom stereocenters. The van der Waals surface area contributed by atoms with Gasteiger partial charge in [-0.25, -0.2) is 12.7 Å². The third kappa shape index (κ3) is 4.14. The van der Waals surface area contributed by atoms with Crippen LogP contribution in [0.4, 0.5) is 0 Å². The summed E-state index contributed by atoms with van der Waals surface area (Å²) >= 11 is 0. The van der Waals surface area contributed by atoms with Crippen molar-refractivity contribution in [3.63, 3.8) is 0 Å². The van der Waals surface area contributed by atoms with Gasteiger partial charge in [-0.15, -0.1) is 0 Å². The highest BCUT2D eigenvalue weighted by atomic mass is 32.2. The first kappa shape index (κ1) is 15.7. The Morgan fingerprint density at radius 2 is 1.52 bits per heavy atom. The van der Waals surface area contributed by atoms with Gasteiger partial charge >= 0.3 is 0 Å². The molecule has 21 heavy (non-hydrogen) atoms. The number of sulfonamides is 1. The van der Waals surface area contributed by atoms with Gasteiger partial charge in [-0.05, 0) is 16.7 Å². The predicted molar refractivity (Wildman–Crippen MR) is 84.9 cm³/mol. The molecule has 2 N–H and O–H groups in total. The van der Waals surface area contributed by atoms with Crippen molar-refractivity contribution in [3.05, 3.63) is 71.3 Å². The minimum Gasteiger partial charge on any atom is -0.326 e. The van der Waals surface area contributed by atoms with Crippen molar-refractivity contribution in [3.8, 4) is 0 Å². The highest BCUT2D eigenvalue weighted by Crippen LogP contribution is 2.16. The van der Waals surface area contributed by atoms with Gasteiger partial charge in [0.15, 0.2) is 0 Å². The molecular weight excluding hydrogens is 284 g/mol. The Kier molecular flexibility index (Phi) is 5.12. The van der Waals surface area contributed by atoms with Crippen molar-refractivity contribution in [2.75, 3.05) is 7.05 Å². The van der Waals surface area contributed by atoms with Crippen molar-refractivity contribution in [1.29, 1.82) is 0 Å². The molecule has 2 rings (SSSR count). The molecule has 112 valence electrons. The van der Waals surface area contributed by atoms with E-state index in [4.69, 9.17) is 5.73 Å². The molecule has 0 radical (unpaired) electrons. The second-order valence-electron chi connectivity index (χ2n) is 4.97. The Labute approximate surface area is 126 Å². The van der Waals surface area contributed by atoms with Crippen LogP contribution in [0.5, 0.6) is 0 Å². The third-order valence-electron chi connectivity index (χ3n) is 3.40. The maximum absolute atomic E-state index is 12.5. The van der Waals surface area contributed by atoms with Crippen molar-refractivity contribution in [2.45, 2.75) is 18.8 Å². The molecule has 0 aliphatic carbocycles. The highest BCUT2D eigenvalue weighted by Gasteiger charge is 2.19. The molecule has 0 unspecified atom stereocenters. The average molecular weight is 304 g/mol. The average Bonchev–Trinajstić information content (AvgIpc) is 2.48. The maximum atomic E-state index is 12.5. The molecule has 0 saturated heterocycles. The van der Waals surface area contributed by atoms with E-state index in [9.17, 15) is 8.42 Å². The largest absolute Gasteiger partial charge is 0.326 e. The number of hydrogen-bond donors (Lipinski definition) is 1. The fraction of sp³-hybridized carbons (Fsp3) is 0.250. The molecule has 0 amide bonds. The number of benzene rings is 2. The van der Waals surface area contributed by atoms with E-state index >= 15 is 0 Å². The normalized spacial score (nSPS) is 11.8. The van der Waals surface area contributed by atoms with Gasteiger partial charge in [0.25, 0.3) is 0 Å². The van der Waals surface area contributed by atoms with E-state index < -0.39 is 10.0 Å². The first-order chi connectivity index (χ1) is 10.0. The molecule has 2 aromatic carbocycles. The number of nitrogens with two attached hydrogens (primary N) is 1. The smallest absolute Gasteiger partial charge is 0.218 e. The summed E-state index contributed by atoms with van der Waals surface area (Å²) in [7, 11) is -1.76. The van der Waals surface area contributed by atoms with Crippen molar-refractivity contribution in [1.82, 2.24) is 4.31 Å². The lowest BCUT2D eigenvalue weighted by molar-refractivity contribution is 0.466. The second-order valence-corrected chi connectivity index (χ2v) is 7.05. The quantitative estimate of drug-likeness (QED) is 0.889. The predicted octanol–water partition coefficient (Wildman–Crippen LogP) is 2.11. The Hall–Kier alpha value is -1.69. The van der Waals surface area contributed by atoms with Crippen LogP contribution < -0.4 is 5.73 Å². The SMILES string of the molecule is CN(Cc1ccccc1)S(=O)(=O)Cc1ccccc1CN. The van der Waals surface area contributed by atoms with Crippen LogP contribution in [0.3, 0.4) is 0 Å². The topological polar surface area (TPSA) is 63.4 Å². The van der Waals surface area contributed by atoms with Gasteiger partial charge in [0.2, 0.25) is 10.0 Å². The van der Waals surface area contributed by atoms with Gasteiger partial charge < -0.3 is 5.73 Å². The summed E-state index contributed by atoms with van der Waals surface area (Å²) in [5, 5.41) is 0. The lowest BCUT2D eigenvalue weighted by Crippen LogP contribution is -2.28. The molecule has 0 saturated carbocycles. The van der Waals surface area contributed by atoms with Crippen LogP contribution in [-0.4, -0.2) is 19.8 Å². The zero-order valence-corrected chi connectivity index (χ0v) is 12.9. The van der Waals surface area contributed by atoms with Crippen LogP contribution >= 0.6 is 0 Å². The third-order valence-corrected chi connectivity index (χ3v) is 5.15. The molecule has 2 aromatic rings. The monoisotopic (exact) mass is 304 g/mol. The van der Waals surface area contributed by atoms with Crippen LogP contribution in [0.2, 0.25) is 0 Å². The summed E-state index contributed by atoms with van der Waals surface area (Å²) in [4.78, 5) is 0. The van der Waals surface area contributed by atoms with E-state index in [-0.39, 0.29) is 5.75 Å². The fourth-order valence-corrected chi connectivity index (χ4v) is 3.38. The lowest BCUT2D eigenvalue weighted by Gasteiger charge is -2.18. The van der Waals surface area contributed by atoms with Gasteiger partial charge in [0.05, 0.1) is 5.75 Å². The first-order valence-electron chi connectivity index (χ1n) is 6.77. The molecule has 4 nitrogen and oxygen atoms in total. The lowest BCUT2D eigenvalue weighted by atomic mass is 10.1. The maximum Gasteiger partial charge on any atom is 0.218 e. The summed E-state index contributed by atoms with van der Waals surface area (Å²) in [5.74, 6) is -0.0241. The van der Waals surface area contributed by atoms with E-state index in [2.05, 4.69) is 0 Å². The summed E-state index contributed by atoms with van der Waals surface area (Å²) < 4.78 is 26.3. The van der Waals surface area contributed by atoms with Crippen molar-refractivity contribution < 1.29 is 8.42 Å². The zero-order valence-electron chi connectivity index (χ0n) is 12.1. The summed E-state index contributed by atoms with van der Waals surface area (Å²) in [5.41, 5.74) is 8.26. The molecule has 5 heteroatoms. The van der Waals surface area contributed by atoms with Crippen LogP contribution in [0.25, 0.3) is 0 Å². The van der Waals surface area contributed by atoms with Crippen molar-refractivity contribution >= 4 is 10.0 Å². The minimum absolute atomic E-state index is 0.0241. The highest BCUT2D eigenvalue weighted by molar-refractivity contribution is 7.88. The van der Waals surface area contributed by atoms with Gasteiger partial charge in [0, 0.05) is 20.1 Å². The molecule has 0 spiro atoms. The summed E-state index contributed by atoms with van der Waals surface area (Å²) in [6.07, 6.45) is 0. The Bertz CT molecular complexity index is 684. The molecular formula is C16H20N2O2S. The molecule has 0 aliphatic heterocycles. The molecule has 0 fully saturated rings. The van der Waals surface area contributed by atoms with E-state index in [1.54, 1.807) is 7.05 Å². The van der Waals surface area contributed by atoms with Crippen LogP contribution in [0.15, 0.2) is 54.6 Å². The van der Waals surface area contributed by atoms with Crippen LogP contribution in [-0.2, 0) is 28.9 Å². The molecule has 0 aromatic heterocycles. The molecule has 0 aliphatic rings. The zero-order chi connectivity index (χ0) is 15.3. The van der Waals surface area contributed by atoms with Crippen LogP contribution in [0.1, 0.15) is 16.7 Å². The van der Waals surface area contributed by atoms with Gasteiger partial charge in [-0.3, -0.25) is 0 Å². The van der Waals surface area contributed by atoms with Gasteiger partial charge in [-0.2, -0.15) is 0 Å². The van der Waals surface area contributed by atoms with Gasteiger partial charge in [0.1, 0.15) is 0 Å². The number of nitrogens with zero attached hydrogens (tertiary/aromatic N) is 1. The van der Waals surface area contributed by atoms with E-state index in [0.29, 0.717) is 13.1 Å². The summed E-state index contributed by atoms with van der Waals surface area (Å²) in [6.45, 7) is 0.710. The molecule has 0 heterocycles. The van der Waals surface area contributed by atoms with Gasteiger partial charge in [-0.1, -0.05) is 54.6 Å². The fourth-order valence-electron chi connectivity index (χ4n) is 2.14. The second kappa shape index (κ2) is 6.85.